The molecule has 1 atom stereocenters. The summed E-state index contributed by atoms with van der Waals surface area (Å²) in [6.45, 7) is 7.69. The Bertz CT molecular complexity index is 868. The van der Waals surface area contributed by atoms with Gasteiger partial charge in [0.1, 0.15) is 0 Å². The van der Waals surface area contributed by atoms with Crippen molar-refractivity contribution in [2.75, 3.05) is 33.2 Å². The molecule has 1 aliphatic rings. The second-order valence-electron chi connectivity index (χ2n) is 8.81. The van der Waals surface area contributed by atoms with Crippen molar-refractivity contribution in [3.8, 4) is 0 Å². The number of aliphatic imine (C=N–C) groups is 1. The number of hydrogen-bond acceptors (Lipinski definition) is 2. The Balaban J connectivity index is 0.00000385. The molecule has 1 aliphatic heterocycles. The van der Waals surface area contributed by atoms with E-state index in [-0.39, 0.29) is 35.3 Å². The average molecular weight is 563 g/mol. The largest absolute Gasteiger partial charge is 0.356 e. The van der Waals surface area contributed by atoms with Gasteiger partial charge >= 0.3 is 0 Å². The molecule has 2 N–H and O–H groups in total. The van der Waals surface area contributed by atoms with Crippen molar-refractivity contribution in [3.05, 3.63) is 71.8 Å². The maximum Gasteiger partial charge on any atom is 0.223 e. The van der Waals surface area contributed by atoms with Gasteiger partial charge < -0.3 is 15.5 Å². The van der Waals surface area contributed by atoms with Gasteiger partial charge in [-0.1, -0.05) is 74.5 Å². The van der Waals surface area contributed by atoms with Crippen LogP contribution in [-0.4, -0.2) is 50.0 Å². The molecule has 3 rings (SSSR count). The minimum Gasteiger partial charge on any atom is -0.356 e. The van der Waals surface area contributed by atoms with Crippen molar-refractivity contribution in [3.63, 3.8) is 0 Å². The third kappa shape index (κ3) is 7.45. The molecule has 0 aliphatic carbocycles. The Labute approximate surface area is 216 Å². The molecule has 1 unspecified atom stereocenters. The fraction of sp³-hybridized carbons (Fsp3) is 0.481. The second kappa shape index (κ2) is 13.6. The summed E-state index contributed by atoms with van der Waals surface area (Å²) in [6.07, 6.45) is 3.64. The monoisotopic (exact) mass is 562 g/mol. The summed E-state index contributed by atoms with van der Waals surface area (Å²) in [5.41, 5.74) is 2.72. The van der Waals surface area contributed by atoms with Gasteiger partial charge in [-0.25, -0.2) is 0 Å². The van der Waals surface area contributed by atoms with Crippen LogP contribution in [0.1, 0.15) is 44.2 Å². The number of rotatable bonds is 10. The number of guanidine groups is 1. The first kappa shape index (κ1) is 27.2. The van der Waals surface area contributed by atoms with E-state index < -0.39 is 0 Å². The Morgan fingerprint density at radius 2 is 1.67 bits per heavy atom. The maximum atomic E-state index is 12.5. The molecule has 0 bridgehead atoms. The molecule has 1 saturated heterocycles. The zero-order chi connectivity index (χ0) is 22.8. The molecular formula is C27H39IN4O. The number of amides is 1. The quantitative estimate of drug-likeness (QED) is 0.253. The molecule has 33 heavy (non-hydrogen) atoms. The highest BCUT2D eigenvalue weighted by atomic mass is 127. The zero-order valence-corrected chi connectivity index (χ0v) is 22.5. The van der Waals surface area contributed by atoms with Crippen LogP contribution >= 0.6 is 24.0 Å². The molecule has 1 fully saturated rings. The SMILES string of the molecule is CCC(CC)(CNC(=NC)NCC1CC(=O)N(CCc2ccccc2)C1)c1ccccc1.I. The van der Waals surface area contributed by atoms with Crippen LogP contribution in [0.5, 0.6) is 0 Å². The molecule has 0 radical (unpaired) electrons. The normalized spacial score (nSPS) is 16.5. The lowest BCUT2D eigenvalue weighted by atomic mass is 9.76. The lowest BCUT2D eigenvalue weighted by molar-refractivity contribution is -0.127. The van der Waals surface area contributed by atoms with Gasteiger partial charge in [-0.3, -0.25) is 9.79 Å². The van der Waals surface area contributed by atoms with E-state index in [1.54, 1.807) is 0 Å². The van der Waals surface area contributed by atoms with Crippen LogP contribution < -0.4 is 10.6 Å². The molecule has 1 heterocycles. The Hall–Kier alpha value is -2.09. The Morgan fingerprint density at radius 1 is 1.03 bits per heavy atom. The minimum absolute atomic E-state index is 0. The van der Waals surface area contributed by atoms with Crippen molar-refractivity contribution >= 4 is 35.8 Å². The number of hydrogen-bond donors (Lipinski definition) is 2. The molecule has 2 aromatic carbocycles. The van der Waals surface area contributed by atoms with Crippen LogP contribution in [0, 0.1) is 5.92 Å². The van der Waals surface area contributed by atoms with Gasteiger partial charge in [-0.05, 0) is 30.4 Å². The summed E-state index contributed by atoms with van der Waals surface area (Å²) in [5, 5.41) is 7.00. The second-order valence-corrected chi connectivity index (χ2v) is 8.81. The predicted molar refractivity (Wildman–Crippen MR) is 148 cm³/mol. The zero-order valence-electron chi connectivity index (χ0n) is 20.2. The summed E-state index contributed by atoms with van der Waals surface area (Å²) >= 11 is 0. The number of benzene rings is 2. The lowest BCUT2D eigenvalue weighted by Crippen LogP contribution is -2.46. The van der Waals surface area contributed by atoms with Crippen LogP contribution in [0.4, 0.5) is 0 Å². The van der Waals surface area contributed by atoms with Crippen LogP contribution in [-0.2, 0) is 16.6 Å². The minimum atomic E-state index is 0. The van der Waals surface area contributed by atoms with Gasteiger partial charge in [0, 0.05) is 51.0 Å². The molecular weight excluding hydrogens is 523 g/mol. The molecule has 0 spiro atoms. The lowest BCUT2D eigenvalue weighted by Gasteiger charge is -2.33. The van der Waals surface area contributed by atoms with Gasteiger partial charge in [-0.15, -0.1) is 24.0 Å². The number of carbonyl (C=O) groups is 1. The van der Waals surface area contributed by atoms with Crippen molar-refractivity contribution in [2.24, 2.45) is 10.9 Å². The van der Waals surface area contributed by atoms with Gasteiger partial charge in [-0.2, -0.15) is 0 Å². The summed E-state index contributed by atoms with van der Waals surface area (Å²) in [4.78, 5) is 18.9. The standard InChI is InChI=1S/C27H38N4O.HI/c1-4-27(5-2,24-14-10-7-11-15-24)21-30-26(28-3)29-19-23-18-25(32)31(20-23)17-16-22-12-8-6-9-13-22;/h6-15,23H,4-5,16-21H2,1-3H3,(H2,28,29,30);1H. The number of likely N-dealkylation sites (tertiary alicyclic amines) is 1. The van der Waals surface area contributed by atoms with E-state index in [0.717, 1.165) is 51.4 Å². The summed E-state index contributed by atoms with van der Waals surface area (Å²) in [5.74, 6) is 1.38. The van der Waals surface area contributed by atoms with E-state index in [0.29, 0.717) is 12.3 Å². The van der Waals surface area contributed by atoms with E-state index in [4.69, 9.17) is 0 Å². The third-order valence-corrected chi connectivity index (χ3v) is 6.92. The van der Waals surface area contributed by atoms with Crippen molar-refractivity contribution in [1.82, 2.24) is 15.5 Å². The number of nitrogens with zero attached hydrogens (tertiary/aromatic N) is 2. The van der Waals surface area contributed by atoms with Crippen molar-refractivity contribution < 1.29 is 4.79 Å². The van der Waals surface area contributed by atoms with E-state index in [9.17, 15) is 4.79 Å². The molecule has 0 aromatic heterocycles. The molecule has 2 aromatic rings. The molecule has 6 heteroatoms. The van der Waals surface area contributed by atoms with Crippen LogP contribution in [0.25, 0.3) is 0 Å². The van der Waals surface area contributed by atoms with Crippen LogP contribution in [0.2, 0.25) is 0 Å². The van der Waals surface area contributed by atoms with Crippen molar-refractivity contribution in [1.29, 1.82) is 0 Å². The Morgan fingerprint density at radius 3 is 2.27 bits per heavy atom. The molecule has 0 saturated carbocycles. The first-order valence-corrected chi connectivity index (χ1v) is 11.9. The van der Waals surface area contributed by atoms with E-state index in [1.165, 1.54) is 11.1 Å². The molecule has 1 amide bonds. The number of nitrogens with one attached hydrogen (secondary N) is 2. The van der Waals surface area contributed by atoms with E-state index in [1.807, 2.05) is 18.0 Å². The molecule has 5 nitrogen and oxygen atoms in total. The van der Waals surface area contributed by atoms with Crippen LogP contribution in [0.3, 0.4) is 0 Å². The van der Waals surface area contributed by atoms with Gasteiger partial charge in [0.05, 0.1) is 0 Å². The van der Waals surface area contributed by atoms with Gasteiger partial charge in [0.15, 0.2) is 5.96 Å². The highest BCUT2D eigenvalue weighted by molar-refractivity contribution is 14.0. The highest BCUT2D eigenvalue weighted by Crippen LogP contribution is 2.30. The third-order valence-electron chi connectivity index (χ3n) is 6.92. The van der Waals surface area contributed by atoms with E-state index >= 15 is 0 Å². The summed E-state index contributed by atoms with van der Waals surface area (Å²) in [6, 6.07) is 21.1. The summed E-state index contributed by atoms with van der Waals surface area (Å²) in [7, 11) is 1.81. The first-order valence-electron chi connectivity index (χ1n) is 11.9. The fourth-order valence-corrected chi connectivity index (χ4v) is 4.63. The maximum absolute atomic E-state index is 12.5. The topological polar surface area (TPSA) is 56.7 Å². The van der Waals surface area contributed by atoms with Crippen LogP contribution in [0.15, 0.2) is 65.7 Å². The van der Waals surface area contributed by atoms with Gasteiger partial charge in [0.2, 0.25) is 5.91 Å². The fourth-order valence-electron chi connectivity index (χ4n) is 4.63. The Kier molecular flexibility index (Phi) is 11.2. The number of halogens is 1. The predicted octanol–water partition coefficient (Wildman–Crippen LogP) is 4.62. The molecule has 180 valence electrons. The average Bonchev–Trinajstić information content (AvgIpc) is 3.21. The van der Waals surface area contributed by atoms with Gasteiger partial charge in [0.25, 0.3) is 0 Å². The summed E-state index contributed by atoms with van der Waals surface area (Å²) < 4.78 is 0. The van der Waals surface area contributed by atoms with E-state index in [2.05, 4.69) is 84.1 Å². The highest BCUT2D eigenvalue weighted by Gasteiger charge is 2.30. The smallest absolute Gasteiger partial charge is 0.223 e. The first-order chi connectivity index (χ1) is 15.6. The number of carbonyl (C=O) groups excluding carboxylic acids is 1. The van der Waals surface area contributed by atoms with Crippen molar-refractivity contribution in [2.45, 2.75) is 44.9 Å².